The molecule has 8 heteroatoms. The maximum absolute atomic E-state index is 12.2. The summed E-state index contributed by atoms with van der Waals surface area (Å²) in [5, 5.41) is 20.7. The molecule has 0 atom stereocenters. The summed E-state index contributed by atoms with van der Waals surface area (Å²) in [4.78, 5) is 26.9. The highest BCUT2D eigenvalue weighted by atomic mass is 16.6. The Bertz CT molecular complexity index is 975. The first-order valence-corrected chi connectivity index (χ1v) is 8.64. The molecule has 2 N–H and O–H groups in total. The fourth-order valence-corrected chi connectivity index (χ4v) is 2.77. The number of non-ortho nitro benzene ring substituents is 1. The van der Waals surface area contributed by atoms with E-state index in [2.05, 4.69) is 20.5 Å². The summed E-state index contributed by atoms with van der Waals surface area (Å²) in [6, 6.07) is 13.3. The van der Waals surface area contributed by atoms with Gasteiger partial charge in [-0.3, -0.25) is 20.0 Å². The minimum atomic E-state index is -0.465. The van der Waals surface area contributed by atoms with Gasteiger partial charge in [-0.15, -0.1) is 0 Å². The summed E-state index contributed by atoms with van der Waals surface area (Å²) in [7, 11) is 0. The predicted molar refractivity (Wildman–Crippen MR) is 99.2 cm³/mol. The fourth-order valence-electron chi connectivity index (χ4n) is 2.77. The quantitative estimate of drug-likeness (QED) is 0.514. The van der Waals surface area contributed by atoms with Gasteiger partial charge < -0.3 is 5.32 Å². The van der Waals surface area contributed by atoms with Crippen LogP contribution in [0.1, 0.15) is 30.1 Å². The van der Waals surface area contributed by atoms with Gasteiger partial charge in [0.2, 0.25) is 5.91 Å². The van der Waals surface area contributed by atoms with E-state index in [4.69, 9.17) is 0 Å². The first-order valence-electron chi connectivity index (χ1n) is 8.64. The number of hydrogen-bond acceptors (Lipinski definition) is 5. The van der Waals surface area contributed by atoms with E-state index in [0.29, 0.717) is 23.0 Å². The Kier molecular flexibility index (Phi) is 4.37. The second-order valence-electron chi connectivity index (χ2n) is 6.54. The van der Waals surface area contributed by atoms with Gasteiger partial charge in [-0.1, -0.05) is 12.1 Å². The lowest BCUT2D eigenvalue weighted by Gasteiger charge is -2.06. The summed E-state index contributed by atoms with van der Waals surface area (Å²) < 4.78 is 0. The maximum atomic E-state index is 12.2. The van der Waals surface area contributed by atoms with Crippen LogP contribution in [0.15, 0.2) is 48.5 Å². The second kappa shape index (κ2) is 6.99. The number of amides is 1. The van der Waals surface area contributed by atoms with Crippen LogP contribution >= 0.6 is 0 Å². The van der Waals surface area contributed by atoms with Gasteiger partial charge in [-0.25, -0.2) is 4.98 Å². The number of rotatable bonds is 6. The van der Waals surface area contributed by atoms with Gasteiger partial charge in [0.25, 0.3) is 5.69 Å². The molecule has 136 valence electrons. The number of carbonyl (C=O) groups is 1. The number of H-pyrrole nitrogens is 1. The van der Waals surface area contributed by atoms with Crippen molar-refractivity contribution >= 4 is 17.3 Å². The van der Waals surface area contributed by atoms with Crippen molar-refractivity contribution in [3.05, 3.63) is 70.0 Å². The number of hydrogen-bond donors (Lipinski definition) is 2. The molecule has 1 amide bonds. The molecule has 3 aromatic rings. The Hall–Kier alpha value is -3.55. The zero-order valence-electron chi connectivity index (χ0n) is 14.4. The van der Waals surface area contributed by atoms with E-state index in [1.807, 2.05) is 12.1 Å². The van der Waals surface area contributed by atoms with E-state index in [-0.39, 0.29) is 18.0 Å². The zero-order valence-corrected chi connectivity index (χ0v) is 14.4. The standard InChI is InChI=1S/C19H17N5O3/c25-17(11-12-1-9-16(10-2-12)24(26)27)20-15-7-5-14(6-8-15)19-21-18(22-23-19)13-3-4-13/h1-2,5-10,13H,3-4,11H2,(H,20,25)(H,21,22,23). The van der Waals surface area contributed by atoms with Crippen LogP contribution in [-0.2, 0) is 11.2 Å². The first kappa shape index (κ1) is 16.9. The average molecular weight is 363 g/mol. The lowest BCUT2D eigenvalue weighted by Crippen LogP contribution is -2.14. The van der Waals surface area contributed by atoms with Gasteiger partial charge in [0.05, 0.1) is 11.3 Å². The molecule has 1 aromatic heterocycles. The summed E-state index contributed by atoms with van der Waals surface area (Å²) in [5.41, 5.74) is 2.27. The molecule has 0 saturated heterocycles. The zero-order chi connectivity index (χ0) is 18.8. The van der Waals surface area contributed by atoms with Gasteiger partial charge in [-0.2, -0.15) is 5.10 Å². The summed E-state index contributed by atoms with van der Waals surface area (Å²) in [6.45, 7) is 0. The van der Waals surface area contributed by atoms with Crippen molar-refractivity contribution in [2.75, 3.05) is 5.32 Å². The summed E-state index contributed by atoms with van der Waals surface area (Å²) in [6.07, 6.45) is 2.47. The minimum absolute atomic E-state index is 0.00608. The molecular formula is C19H17N5O3. The lowest BCUT2D eigenvalue weighted by atomic mass is 10.1. The lowest BCUT2D eigenvalue weighted by molar-refractivity contribution is -0.384. The van der Waals surface area contributed by atoms with Crippen molar-refractivity contribution in [2.24, 2.45) is 0 Å². The number of benzene rings is 2. The van der Waals surface area contributed by atoms with Gasteiger partial charge in [0.1, 0.15) is 5.82 Å². The molecule has 2 aromatic carbocycles. The SMILES string of the molecule is O=C(Cc1ccc([N+](=O)[O-])cc1)Nc1ccc(-c2n[nH]c(C3CC3)n2)cc1. The number of nitro groups is 1. The first-order chi connectivity index (χ1) is 13.1. The fraction of sp³-hybridized carbons (Fsp3) is 0.211. The molecule has 1 aliphatic rings. The molecular weight excluding hydrogens is 346 g/mol. The number of aromatic amines is 1. The predicted octanol–water partition coefficient (Wildman–Crippen LogP) is 3.44. The largest absolute Gasteiger partial charge is 0.326 e. The number of anilines is 1. The maximum Gasteiger partial charge on any atom is 0.269 e. The number of nitro benzene ring substituents is 1. The molecule has 1 aliphatic carbocycles. The van der Waals surface area contributed by atoms with E-state index in [1.165, 1.54) is 12.1 Å². The molecule has 1 saturated carbocycles. The van der Waals surface area contributed by atoms with Crippen LogP contribution in [0.5, 0.6) is 0 Å². The van der Waals surface area contributed by atoms with Crippen molar-refractivity contribution in [1.29, 1.82) is 0 Å². The summed E-state index contributed by atoms with van der Waals surface area (Å²) in [5.74, 6) is 1.92. The van der Waals surface area contributed by atoms with Gasteiger partial charge in [-0.05, 0) is 42.7 Å². The van der Waals surface area contributed by atoms with Gasteiger partial charge >= 0.3 is 0 Å². The third-order valence-electron chi connectivity index (χ3n) is 4.41. The van der Waals surface area contributed by atoms with Crippen molar-refractivity contribution in [3.63, 3.8) is 0 Å². The van der Waals surface area contributed by atoms with E-state index in [1.54, 1.807) is 24.3 Å². The monoisotopic (exact) mass is 363 g/mol. The van der Waals surface area contributed by atoms with Crippen LogP contribution in [0.25, 0.3) is 11.4 Å². The van der Waals surface area contributed by atoms with E-state index >= 15 is 0 Å². The highest BCUT2D eigenvalue weighted by Gasteiger charge is 2.27. The molecule has 0 spiro atoms. The Morgan fingerprint density at radius 1 is 1.15 bits per heavy atom. The third kappa shape index (κ3) is 4.00. The number of carbonyl (C=O) groups excluding carboxylic acids is 1. The minimum Gasteiger partial charge on any atom is -0.326 e. The molecule has 0 aliphatic heterocycles. The van der Waals surface area contributed by atoms with Crippen molar-refractivity contribution in [2.45, 2.75) is 25.2 Å². The second-order valence-corrected chi connectivity index (χ2v) is 6.54. The molecule has 4 rings (SSSR count). The Balaban J connectivity index is 1.37. The van der Waals surface area contributed by atoms with Crippen LogP contribution < -0.4 is 5.32 Å². The summed E-state index contributed by atoms with van der Waals surface area (Å²) >= 11 is 0. The van der Waals surface area contributed by atoms with Crippen LogP contribution in [0, 0.1) is 10.1 Å². The Morgan fingerprint density at radius 3 is 2.48 bits per heavy atom. The Morgan fingerprint density at radius 2 is 1.85 bits per heavy atom. The van der Waals surface area contributed by atoms with Crippen LogP contribution in [0.4, 0.5) is 11.4 Å². The molecule has 0 unspecified atom stereocenters. The van der Waals surface area contributed by atoms with Crippen molar-refractivity contribution in [1.82, 2.24) is 15.2 Å². The highest BCUT2D eigenvalue weighted by Crippen LogP contribution is 2.38. The van der Waals surface area contributed by atoms with Gasteiger partial charge in [0.15, 0.2) is 5.82 Å². The Labute approximate surface area is 154 Å². The van der Waals surface area contributed by atoms with E-state index in [0.717, 1.165) is 24.2 Å². The van der Waals surface area contributed by atoms with Crippen LogP contribution in [0.3, 0.4) is 0 Å². The van der Waals surface area contributed by atoms with Gasteiger partial charge in [0, 0.05) is 29.3 Å². The third-order valence-corrected chi connectivity index (χ3v) is 4.41. The van der Waals surface area contributed by atoms with Crippen molar-refractivity contribution < 1.29 is 9.72 Å². The van der Waals surface area contributed by atoms with E-state index in [9.17, 15) is 14.9 Å². The smallest absolute Gasteiger partial charge is 0.269 e. The topological polar surface area (TPSA) is 114 Å². The number of aromatic nitrogens is 3. The molecule has 8 nitrogen and oxygen atoms in total. The normalized spacial score (nSPS) is 13.3. The molecule has 0 radical (unpaired) electrons. The van der Waals surface area contributed by atoms with Crippen LogP contribution in [0.2, 0.25) is 0 Å². The number of nitrogens with zero attached hydrogens (tertiary/aromatic N) is 3. The molecule has 27 heavy (non-hydrogen) atoms. The molecule has 0 bridgehead atoms. The average Bonchev–Trinajstić information content (AvgIpc) is 3.40. The van der Waals surface area contributed by atoms with E-state index < -0.39 is 4.92 Å². The number of nitrogens with one attached hydrogen (secondary N) is 2. The van der Waals surface area contributed by atoms with Crippen molar-refractivity contribution in [3.8, 4) is 11.4 Å². The highest BCUT2D eigenvalue weighted by molar-refractivity contribution is 5.92. The van der Waals surface area contributed by atoms with Crippen LogP contribution in [-0.4, -0.2) is 26.0 Å². The molecule has 1 fully saturated rings. The molecule has 1 heterocycles.